The first kappa shape index (κ1) is 26.7. The van der Waals surface area contributed by atoms with Gasteiger partial charge in [-0.15, -0.1) is 0 Å². The van der Waals surface area contributed by atoms with Crippen LogP contribution in [-0.2, 0) is 19.1 Å². The first-order valence-corrected chi connectivity index (χ1v) is 11.1. The van der Waals surface area contributed by atoms with E-state index in [0.717, 1.165) is 29.9 Å². The van der Waals surface area contributed by atoms with E-state index in [1.807, 2.05) is 36.4 Å². The Balaban J connectivity index is 1.60. The zero-order valence-corrected chi connectivity index (χ0v) is 20.4. The van der Waals surface area contributed by atoms with Gasteiger partial charge in [0.25, 0.3) is 0 Å². The maximum absolute atomic E-state index is 14.7. The van der Waals surface area contributed by atoms with Gasteiger partial charge in [-0.05, 0) is 54.8 Å². The van der Waals surface area contributed by atoms with Gasteiger partial charge < -0.3 is 18.9 Å². The van der Waals surface area contributed by atoms with E-state index in [4.69, 9.17) is 18.9 Å². The predicted molar refractivity (Wildman–Crippen MR) is 139 cm³/mol. The summed E-state index contributed by atoms with van der Waals surface area (Å²) in [6, 6.07) is 19.2. The molecular formula is C30H25FO6. The van der Waals surface area contributed by atoms with Crippen LogP contribution in [0.3, 0.4) is 0 Å². The highest BCUT2D eigenvalue weighted by Gasteiger charge is 2.08. The molecule has 37 heavy (non-hydrogen) atoms. The number of rotatable bonds is 10. The fourth-order valence-corrected chi connectivity index (χ4v) is 2.96. The smallest absolute Gasteiger partial charge is 0.338 e. The SMILES string of the molecule is C=C(C)C(=O)OC=COc1ccc(-c2ccc(-c3ccc(OC=COC(=O)C(=C)C)cc3F)cc2)cc1. The summed E-state index contributed by atoms with van der Waals surface area (Å²) >= 11 is 0. The Labute approximate surface area is 214 Å². The van der Waals surface area contributed by atoms with Crippen molar-refractivity contribution in [3.05, 3.63) is 122 Å². The minimum Gasteiger partial charge on any atom is -0.462 e. The highest BCUT2D eigenvalue weighted by atomic mass is 19.1. The molecule has 0 amide bonds. The Morgan fingerprint density at radius 1 is 0.649 bits per heavy atom. The number of hydrogen-bond donors (Lipinski definition) is 0. The number of carbonyl (C=O) groups excluding carboxylic acids is 2. The molecule has 188 valence electrons. The number of ether oxygens (including phenoxy) is 4. The van der Waals surface area contributed by atoms with E-state index in [1.54, 1.807) is 31.2 Å². The first-order chi connectivity index (χ1) is 17.7. The predicted octanol–water partition coefficient (Wildman–Crippen LogP) is 7.10. The summed E-state index contributed by atoms with van der Waals surface area (Å²) in [7, 11) is 0. The second kappa shape index (κ2) is 12.7. The summed E-state index contributed by atoms with van der Waals surface area (Å²) in [5, 5.41) is 0. The average Bonchev–Trinajstić information content (AvgIpc) is 2.89. The number of carbonyl (C=O) groups is 2. The van der Waals surface area contributed by atoms with E-state index in [1.165, 1.54) is 19.3 Å². The second-order valence-electron chi connectivity index (χ2n) is 7.89. The van der Waals surface area contributed by atoms with E-state index >= 15 is 0 Å². The second-order valence-corrected chi connectivity index (χ2v) is 7.89. The molecule has 3 aromatic rings. The third-order valence-electron chi connectivity index (χ3n) is 4.89. The normalized spacial score (nSPS) is 10.8. The summed E-state index contributed by atoms with van der Waals surface area (Å²) in [6.07, 6.45) is 4.64. The van der Waals surface area contributed by atoms with Gasteiger partial charge in [0.2, 0.25) is 0 Å². The standard InChI is InChI=1S/C30H25FO6/c1-20(2)29(32)36-17-15-34-25-11-9-23(10-12-25)22-5-7-24(8-6-22)27-14-13-26(19-28(27)31)35-16-18-37-30(33)21(3)4/h5-19H,1,3H2,2,4H3. The van der Waals surface area contributed by atoms with Crippen molar-refractivity contribution in [3.63, 3.8) is 0 Å². The number of halogens is 1. The topological polar surface area (TPSA) is 71.1 Å². The van der Waals surface area contributed by atoms with E-state index in [-0.39, 0.29) is 11.3 Å². The van der Waals surface area contributed by atoms with Crippen molar-refractivity contribution in [1.29, 1.82) is 0 Å². The molecule has 3 aromatic carbocycles. The zero-order valence-electron chi connectivity index (χ0n) is 20.4. The molecule has 0 saturated heterocycles. The van der Waals surface area contributed by atoms with Crippen LogP contribution in [-0.4, -0.2) is 11.9 Å². The third-order valence-corrected chi connectivity index (χ3v) is 4.89. The van der Waals surface area contributed by atoms with Crippen LogP contribution in [0.5, 0.6) is 11.5 Å². The van der Waals surface area contributed by atoms with Gasteiger partial charge in [-0.3, -0.25) is 0 Å². The molecule has 6 nitrogen and oxygen atoms in total. The Morgan fingerprint density at radius 2 is 1.08 bits per heavy atom. The molecule has 0 unspecified atom stereocenters. The van der Waals surface area contributed by atoms with Crippen molar-refractivity contribution in [2.75, 3.05) is 0 Å². The zero-order chi connectivity index (χ0) is 26.8. The lowest BCUT2D eigenvalue weighted by Crippen LogP contribution is -1.99. The fraction of sp³-hybridized carbons (Fsp3) is 0.0667. The molecule has 0 atom stereocenters. The van der Waals surface area contributed by atoms with Crippen LogP contribution in [0, 0.1) is 5.82 Å². The lowest BCUT2D eigenvalue weighted by atomic mass is 10.00. The van der Waals surface area contributed by atoms with Crippen molar-refractivity contribution in [2.24, 2.45) is 0 Å². The van der Waals surface area contributed by atoms with Gasteiger partial charge in [0.1, 0.15) is 42.4 Å². The molecule has 3 rings (SSSR count). The Hall–Kier alpha value is -4.91. The van der Waals surface area contributed by atoms with Crippen LogP contribution < -0.4 is 9.47 Å². The summed E-state index contributed by atoms with van der Waals surface area (Å²) in [5.74, 6) is -0.743. The summed E-state index contributed by atoms with van der Waals surface area (Å²) in [6.45, 7) is 10.0. The molecule has 0 heterocycles. The van der Waals surface area contributed by atoms with E-state index in [0.29, 0.717) is 22.4 Å². The van der Waals surface area contributed by atoms with Gasteiger partial charge in [-0.25, -0.2) is 14.0 Å². The monoisotopic (exact) mass is 500 g/mol. The molecule has 0 spiro atoms. The minimum absolute atomic E-state index is 0.255. The molecular weight excluding hydrogens is 475 g/mol. The third kappa shape index (κ3) is 7.80. The highest BCUT2D eigenvalue weighted by molar-refractivity contribution is 5.87. The van der Waals surface area contributed by atoms with Crippen molar-refractivity contribution < 1.29 is 32.9 Å². The summed E-state index contributed by atoms with van der Waals surface area (Å²) in [5.41, 5.74) is 3.55. The maximum atomic E-state index is 14.7. The van der Waals surface area contributed by atoms with Crippen molar-refractivity contribution in [3.8, 4) is 33.8 Å². The van der Waals surface area contributed by atoms with Gasteiger partial charge in [0.15, 0.2) is 0 Å². The molecule has 0 aliphatic rings. The molecule has 0 aromatic heterocycles. The highest BCUT2D eigenvalue weighted by Crippen LogP contribution is 2.29. The Kier molecular flexibility index (Phi) is 9.16. The van der Waals surface area contributed by atoms with Crippen molar-refractivity contribution in [1.82, 2.24) is 0 Å². The number of hydrogen-bond acceptors (Lipinski definition) is 6. The van der Waals surface area contributed by atoms with Crippen LogP contribution in [0.4, 0.5) is 4.39 Å². The molecule has 0 aliphatic heterocycles. The first-order valence-electron chi connectivity index (χ1n) is 11.1. The lowest BCUT2D eigenvalue weighted by Gasteiger charge is -2.08. The average molecular weight is 501 g/mol. The van der Waals surface area contributed by atoms with E-state index < -0.39 is 17.8 Å². The summed E-state index contributed by atoms with van der Waals surface area (Å²) < 4.78 is 35.0. The molecule has 0 bridgehead atoms. The maximum Gasteiger partial charge on any atom is 0.338 e. The van der Waals surface area contributed by atoms with Crippen molar-refractivity contribution >= 4 is 11.9 Å². The minimum atomic E-state index is -0.579. The van der Waals surface area contributed by atoms with Crippen LogP contribution in [0.1, 0.15) is 13.8 Å². The van der Waals surface area contributed by atoms with Gasteiger partial charge in [-0.1, -0.05) is 49.6 Å². The lowest BCUT2D eigenvalue weighted by molar-refractivity contribution is -0.134. The van der Waals surface area contributed by atoms with Gasteiger partial charge in [0.05, 0.1) is 0 Å². The molecule has 7 heteroatoms. The molecule has 0 fully saturated rings. The largest absolute Gasteiger partial charge is 0.462 e. The van der Waals surface area contributed by atoms with Crippen LogP contribution >= 0.6 is 0 Å². The molecule has 0 saturated carbocycles. The molecule has 0 aliphatic carbocycles. The van der Waals surface area contributed by atoms with Crippen LogP contribution in [0.15, 0.2) is 116 Å². The molecule has 0 radical (unpaired) electrons. The fourth-order valence-electron chi connectivity index (χ4n) is 2.96. The van der Waals surface area contributed by atoms with Gasteiger partial charge >= 0.3 is 11.9 Å². The Bertz CT molecular complexity index is 1350. The van der Waals surface area contributed by atoms with Crippen molar-refractivity contribution in [2.45, 2.75) is 13.8 Å². The number of esters is 2. The quantitative estimate of drug-likeness (QED) is 0.168. The van der Waals surface area contributed by atoms with Gasteiger partial charge in [-0.2, -0.15) is 0 Å². The number of benzene rings is 3. The van der Waals surface area contributed by atoms with E-state index in [9.17, 15) is 14.0 Å². The molecule has 0 N–H and O–H groups in total. The van der Waals surface area contributed by atoms with Gasteiger partial charge in [0, 0.05) is 22.8 Å². The Morgan fingerprint density at radius 3 is 1.57 bits per heavy atom. The van der Waals surface area contributed by atoms with E-state index in [2.05, 4.69) is 13.2 Å². The van der Waals surface area contributed by atoms with Crippen LogP contribution in [0.25, 0.3) is 22.3 Å². The van der Waals surface area contributed by atoms with Crippen LogP contribution in [0.2, 0.25) is 0 Å². The summed E-state index contributed by atoms with van der Waals surface area (Å²) in [4.78, 5) is 22.6.